The third-order valence-electron chi connectivity index (χ3n) is 3.00. The minimum Gasteiger partial charge on any atom is -0.451 e. The molecule has 21 heavy (non-hydrogen) atoms. The molecule has 0 spiro atoms. The molecule has 0 aliphatic heterocycles. The van der Waals surface area contributed by atoms with Gasteiger partial charge >= 0.3 is 0 Å². The summed E-state index contributed by atoms with van der Waals surface area (Å²) in [5.41, 5.74) is 0.760. The third kappa shape index (κ3) is 4.27. The van der Waals surface area contributed by atoms with Gasteiger partial charge in [-0.3, -0.25) is 4.68 Å². The molecule has 0 aliphatic carbocycles. The first kappa shape index (κ1) is 15.5. The minimum atomic E-state index is -0.384. The lowest BCUT2D eigenvalue weighted by atomic mass is 10.2. The molecule has 0 aliphatic rings. The number of rotatable bonds is 8. The van der Waals surface area contributed by atoms with E-state index in [1.807, 2.05) is 13.0 Å². The Morgan fingerprint density at radius 3 is 2.95 bits per heavy atom. The Labute approximate surface area is 123 Å². The number of nitrogens with one attached hydrogen (secondary N) is 1. The Morgan fingerprint density at radius 1 is 1.38 bits per heavy atom. The van der Waals surface area contributed by atoms with Crippen molar-refractivity contribution in [3.05, 3.63) is 42.0 Å². The van der Waals surface area contributed by atoms with Crippen LogP contribution in [-0.2, 0) is 17.8 Å². The van der Waals surface area contributed by atoms with Gasteiger partial charge in [0, 0.05) is 32.3 Å². The van der Waals surface area contributed by atoms with Crippen LogP contribution in [0.1, 0.15) is 12.5 Å². The molecule has 6 heteroatoms. The van der Waals surface area contributed by atoms with Crippen LogP contribution in [0.25, 0.3) is 0 Å². The maximum absolute atomic E-state index is 14.0. The maximum Gasteiger partial charge on any atom is 0.167 e. The van der Waals surface area contributed by atoms with Crippen molar-refractivity contribution in [1.29, 1.82) is 0 Å². The van der Waals surface area contributed by atoms with Gasteiger partial charge in [0.15, 0.2) is 17.3 Å². The van der Waals surface area contributed by atoms with E-state index in [0.717, 1.165) is 12.1 Å². The molecule has 0 amide bonds. The molecule has 0 fully saturated rings. The molecule has 2 aromatic rings. The summed E-state index contributed by atoms with van der Waals surface area (Å²) in [4.78, 5) is 0. The van der Waals surface area contributed by atoms with E-state index in [9.17, 15) is 4.39 Å². The van der Waals surface area contributed by atoms with Crippen LogP contribution < -0.4 is 10.1 Å². The SMILES string of the molecule is CCn1cc(Oc2c(F)cccc2CNCCOC)cn1. The number of aromatic nitrogens is 2. The molecule has 0 atom stereocenters. The standard InChI is InChI=1S/C15H20FN3O2/c1-3-19-11-13(10-18-19)21-15-12(5-4-6-14(15)16)9-17-7-8-20-2/h4-6,10-11,17H,3,7-9H2,1-2H3. The summed E-state index contributed by atoms with van der Waals surface area (Å²) in [5.74, 6) is 0.378. The largest absolute Gasteiger partial charge is 0.451 e. The lowest BCUT2D eigenvalue weighted by molar-refractivity contribution is 0.199. The fourth-order valence-electron chi connectivity index (χ4n) is 1.89. The van der Waals surface area contributed by atoms with Crippen LogP contribution in [0.3, 0.4) is 0 Å². The highest BCUT2D eigenvalue weighted by Gasteiger charge is 2.11. The summed E-state index contributed by atoms with van der Waals surface area (Å²) in [7, 11) is 1.64. The van der Waals surface area contributed by atoms with Gasteiger partial charge in [-0.05, 0) is 13.0 Å². The number of halogens is 1. The Morgan fingerprint density at radius 2 is 2.24 bits per heavy atom. The molecular formula is C15H20FN3O2. The number of para-hydroxylation sites is 1. The molecular weight excluding hydrogens is 273 g/mol. The van der Waals surface area contributed by atoms with Crippen LogP contribution in [0.15, 0.2) is 30.6 Å². The Bertz CT molecular complexity index is 572. The number of methoxy groups -OCH3 is 1. The van der Waals surface area contributed by atoms with Gasteiger partial charge in [0.25, 0.3) is 0 Å². The Balaban J connectivity index is 2.09. The molecule has 5 nitrogen and oxygen atoms in total. The molecule has 1 aromatic carbocycles. The molecule has 0 saturated carbocycles. The summed E-state index contributed by atoms with van der Waals surface area (Å²) in [6, 6.07) is 4.89. The zero-order valence-electron chi connectivity index (χ0n) is 12.3. The first-order valence-electron chi connectivity index (χ1n) is 6.92. The molecule has 0 bridgehead atoms. The summed E-state index contributed by atoms with van der Waals surface area (Å²) in [5, 5.41) is 7.29. The van der Waals surface area contributed by atoms with Crippen molar-refractivity contribution in [3.8, 4) is 11.5 Å². The van der Waals surface area contributed by atoms with Crippen molar-refractivity contribution in [1.82, 2.24) is 15.1 Å². The topological polar surface area (TPSA) is 48.3 Å². The van der Waals surface area contributed by atoms with Crippen molar-refractivity contribution in [2.45, 2.75) is 20.0 Å². The summed E-state index contributed by atoms with van der Waals surface area (Å²) in [6.45, 7) is 4.53. The van der Waals surface area contributed by atoms with Crippen molar-refractivity contribution in [3.63, 3.8) is 0 Å². The molecule has 2 rings (SSSR count). The maximum atomic E-state index is 14.0. The van der Waals surface area contributed by atoms with E-state index in [2.05, 4.69) is 10.4 Å². The predicted molar refractivity (Wildman–Crippen MR) is 78.0 cm³/mol. The number of ether oxygens (including phenoxy) is 2. The molecule has 114 valence electrons. The number of benzene rings is 1. The van der Waals surface area contributed by atoms with Crippen LogP contribution in [0, 0.1) is 5.82 Å². The van der Waals surface area contributed by atoms with Gasteiger partial charge in [-0.1, -0.05) is 12.1 Å². The van der Waals surface area contributed by atoms with Crippen LogP contribution in [0.4, 0.5) is 4.39 Å². The van der Waals surface area contributed by atoms with Gasteiger partial charge in [0.05, 0.1) is 19.0 Å². The zero-order valence-corrected chi connectivity index (χ0v) is 12.3. The fourth-order valence-corrected chi connectivity index (χ4v) is 1.89. The van der Waals surface area contributed by atoms with Gasteiger partial charge in [-0.25, -0.2) is 4.39 Å². The fraction of sp³-hybridized carbons (Fsp3) is 0.400. The van der Waals surface area contributed by atoms with E-state index < -0.39 is 0 Å². The monoisotopic (exact) mass is 293 g/mol. The molecule has 0 saturated heterocycles. The van der Waals surface area contributed by atoms with Crippen LogP contribution >= 0.6 is 0 Å². The van der Waals surface area contributed by atoms with E-state index in [1.54, 1.807) is 30.3 Å². The van der Waals surface area contributed by atoms with Crippen molar-refractivity contribution >= 4 is 0 Å². The van der Waals surface area contributed by atoms with E-state index >= 15 is 0 Å². The number of aryl methyl sites for hydroxylation is 1. The van der Waals surface area contributed by atoms with Crippen molar-refractivity contribution in [2.24, 2.45) is 0 Å². The van der Waals surface area contributed by atoms with E-state index in [0.29, 0.717) is 25.4 Å². The van der Waals surface area contributed by atoms with Crippen molar-refractivity contribution in [2.75, 3.05) is 20.3 Å². The van der Waals surface area contributed by atoms with Gasteiger partial charge in [0.1, 0.15) is 0 Å². The van der Waals surface area contributed by atoms with Gasteiger partial charge in [-0.2, -0.15) is 5.10 Å². The third-order valence-corrected chi connectivity index (χ3v) is 3.00. The highest BCUT2D eigenvalue weighted by atomic mass is 19.1. The second kappa shape index (κ2) is 7.75. The number of hydrogen-bond acceptors (Lipinski definition) is 4. The van der Waals surface area contributed by atoms with E-state index in [4.69, 9.17) is 9.47 Å². The summed E-state index contributed by atoms with van der Waals surface area (Å²) < 4.78 is 26.3. The second-order valence-corrected chi connectivity index (χ2v) is 4.53. The minimum absolute atomic E-state index is 0.234. The highest BCUT2D eigenvalue weighted by Crippen LogP contribution is 2.28. The van der Waals surface area contributed by atoms with Gasteiger partial charge < -0.3 is 14.8 Å². The van der Waals surface area contributed by atoms with Crippen LogP contribution in [-0.4, -0.2) is 30.0 Å². The zero-order chi connectivity index (χ0) is 15.1. The second-order valence-electron chi connectivity index (χ2n) is 4.53. The molecule has 0 unspecified atom stereocenters. The first-order chi connectivity index (χ1) is 10.2. The average molecular weight is 293 g/mol. The molecule has 1 N–H and O–H groups in total. The van der Waals surface area contributed by atoms with Gasteiger partial charge in [-0.15, -0.1) is 0 Å². The first-order valence-corrected chi connectivity index (χ1v) is 6.92. The van der Waals surface area contributed by atoms with Crippen LogP contribution in [0.2, 0.25) is 0 Å². The normalized spacial score (nSPS) is 10.8. The molecule has 1 heterocycles. The van der Waals surface area contributed by atoms with E-state index in [1.165, 1.54) is 6.07 Å². The Kier molecular flexibility index (Phi) is 5.71. The Hall–Kier alpha value is -1.92. The quantitative estimate of drug-likeness (QED) is 0.760. The van der Waals surface area contributed by atoms with Crippen LogP contribution in [0.5, 0.6) is 11.5 Å². The number of nitrogens with zero attached hydrogens (tertiary/aromatic N) is 2. The van der Waals surface area contributed by atoms with Gasteiger partial charge in [0.2, 0.25) is 0 Å². The molecule has 1 aromatic heterocycles. The van der Waals surface area contributed by atoms with Crippen molar-refractivity contribution < 1.29 is 13.9 Å². The summed E-state index contributed by atoms with van der Waals surface area (Å²) >= 11 is 0. The summed E-state index contributed by atoms with van der Waals surface area (Å²) in [6.07, 6.45) is 3.33. The lowest BCUT2D eigenvalue weighted by Gasteiger charge is -2.11. The number of hydrogen-bond donors (Lipinski definition) is 1. The smallest absolute Gasteiger partial charge is 0.167 e. The van der Waals surface area contributed by atoms with E-state index in [-0.39, 0.29) is 11.6 Å². The molecule has 0 radical (unpaired) electrons. The average Bonchev–Trinajstić information content (AvgIpc) is 2.94. The predicted octanol–water partition coefficient (Wildman–Crippen LogP) is 2.57. The highest BCUT2D eigenvalue weighted by molar-refractivity contribution is 5.38. The lowest BCUT2D eigenvalue weighted by Crippen LogP contribution is -2.19.